The summed E-state index contributed by atoms with van der Waals surface area (Å²) in [5.74, 6) is 1.36. The lowest BCUT2D eigenvalue weighted by atomic mass is 10.0. The summed E-state index contributed by atoms with van der Waals surface area (Å²) in [5.41, 5.74) is 1.37. The van der Waals surface area contributed by atoms with Crippen LogP contribution in [0.3, 0.4) is 0 Å². The first-order valence-corrected chi connectivity index (χ1v) is 7.04. The van der Waals surface area contributed by atoms with Crippen molar-refractivity contribution in [1.82, 2.24) is 0 Å². The van der Waals surface area contributed by atoms with Crippen LogP contribution in [0.5, 0.6) is 17.2 Å². The van der Waals surface area contributed by atoms with Gasteiger partial charge >= 0.3 is 0 Å². The number of ether oxygens (including phenoxy) is 2. The highest BCUT2D eigenvalue weighted by Crippen LogP contribution is 2.32. The molecule has 3 aromatic rings. The van der Waals surface area contributed by atoms with Crippen LogP contribution >= 0.6 is 0 Å². The second kappa shape index (κ2) is 5.68. The van der Waals surface area contributed by atoms with E-state index in [2.05, 4.69) is 0 Å². The first kappa shape index (κ1) is 15.0. The van der Waals surface area contributed by atoms with Crippen molar-refractivity contribution < 1.29 is 19.0 Å². The van der Waals surface area contributed by atoms with Gasteiger partial charge in [-0.2, -0.15) is 0 Å². The zero-order chi connectivity index (χ0) is 16.6. The van der Waals surface area contributed by atoms with E-state index in [1.54, 1.807) is 26.2 Å². The maximum absolute atomic E-state index is 12.9. The Balaban J connectivity index is 2.28. The molecule has 0 atom stereocenters. The highest BCUT2D eigenvalue weighted by Gasteiger charge is 2.16. The van der Waals surface area contributed by atoms with Crippen molar-refractivity contribution in [3.8, 4) is 28.4 Å². The predicted octanol–water partition coefficient (Wildman–Crippen LogP) is 3.49. The molecule has 23 heavy (non-hydrogen) atoms. The lowest BCUT2D eigenvalue weighted by Crippen LogP contribution is -2.07. The maximum atomic E-state index is 12.9. The molecule has 2 aromatic carbocycles. The lowest BCUT2D eigenvalue weighted by molar-refractivity contribution is 0.373. The molecule has 0 spiro atoms. The SMILES string of the molecule is COc1ccc(-c2c(C)oc3cc(O)c(OC)cc3c2=O)cc1. The largest absolute Gasteiger partial charge is 0.504 e. The van der Waals surface area contributed by atoms with Crippen molar-refractivity contribution in [2.75, 3.05) is 14.2 Å². The van der Waals surface area contributed by atoms with Gasteiger partial charge < -0.3 is 19.0 Å². The summed E-state index contributed by atoms with van der Waals surface area (Å²) in [5, 5.41) is 10.2. The van der Waals surface area contributed by atoms with E-state index >= 15 is 0 Å². The highest BCUT2D eigenvalue weighted by molar-refractivity contribution is 5.85. The Kier molecular flexibility index (Phi) is 3.70. The molecule has 0 amide bonds. The van der Waals surface area contributed by atoms with Gasteiger partial charge in [0.25, 0.3) is 0 Å². The van der Waals surface area contributed by atoms with Crippen LogP contribution in [0.25, 0.3) is 22.1 Å². The number of phenolic OH excluding ortho intramolecular Hbond substituents is 1. The van der Waals surface area contributed by atoms with E-state index in [0.29, 0.717) is 28.0 Å². The first-order chi connectivity index (χ1) is 11.0. The summed E-state index contributed by atoms with van der Waals surface area (Å²) in [6, 6.07) is 10.1. The van der Waals surface area contributed by atoms with Gasteiger partial charge in [-0.3, -0.25) is 4.79 Å². The third-order valence-electron chi connectivity index (χ3n) is 3.75. The van der Waals surface area contributed by atoms with E-state index in [0.717, 1.165) is 5.56 Å². The predicted molar refractivity (Wildman–Crippen MR) is 87.4 cm³/mol. The number of rotatable bonds is 3. The number of aryl methyl sites for hydroxylation is 1. The summed E-state index contributed by atoms with van der Waals surface area (Å²) < 4.78 is 15.9. The van der Waals surface area contributed by atoms with Crippen molar-refractivity contribution >= 4 is 11.0 Å². The van der Waals surface area contributed by atoms with Gasteiger partial charge in [-0.25, -0.2) is 0 Å². The van der Waals surface area contributed by atoms with Crippen LogP contribution in [-0.2, 0) is 0 Å². The summed E-state index contributed by atoms with van der Waals surface area (Å²) in [6.07, 6.45) is 0. The number of benzene rings is 2. The quantitative estimate of drug-likeness (QED) is 0.801. The Labute approximate surface area is 132 Å². The normalized spacial score (nSPS) is 10.7. The fourth-order valence-electron chi connectivity index (χ4n) is 2.58. The van der Waals surface area contributed by atoms with Crippen molar-refractivity contribution in [1.29, 1.82) is 0 Å². The van der Waals surface area contributed by atoms with E-state index in [1.165, 1.54) is 19.2 Å². The summed E-state index contributed by atoms with van der Waals surface area (Å²) in [7, 11) is 3.02. The molecular weight excluding hydrogens is 296 g/mol. The van der Waals surface area contributed by atoms with Crippen LogP contribution in [0.2, 0.25) is 0 Å². The molecule has 0 aliphatic heterocycles. The van der Waals surface area contributed by atoms with Crippen molar-refractivity contribution in [3.63, 3.8) is 0 Å². The van der Waals surface area contributed by atoms with Gasteiger partial charge in [0.2, 0.25) is 5.43 Å². The molecule has 1 heterocycles. The van der Waals surface area contributed by atoms with E-state index in [1.807, 2.05) is 12.1 Å². The molecule has 0 bridgehead atoms. The monoisotopic (exact) mass is 312 g/mol. The average molecular weight is 312 g/mol. The van der Waals surface area contributed by atoms with Crippen molar-refractivity contribution in [2.45, 2.75) is 6.92 Å². The van der Waals surface area contributed by atoms with Gasteiger partial charge in [0, 0.05) is 6.07 Å². The van der Waals surface area contributed by atoms with Gasteiger partial charge in [-0.1, -0.05) is 12.1 Å². The number of hydrogen-bond donors (Lipinski definition) is 1. The van der Waals surface area contributed by atoms with E-state index < -0.39 is 0 Å². The average Bonchev–Trinajstić information content (AvgIpc) is 2.55. The van der Waals surface area contributed by atoms with Gasteiger partial charge in [-0.05, 0) is 30.7 Å². The smallest absolute Gasteiger partial charge is 0.200 e. The number of phenols is 1. The summed E-state index contributed by atoms with van der Waals surface area (Å²) in [4.78, 5) is 12.9. The van der Waals surface area contributed by atoms with Crippen LogP contribution in [0.4, 0.5) is 0 Å². The van der Waals surface area contributed by atoms with E-state index in [9.17, 15) is 9.90 Å². The highest BCUT2D eigenvalue weighted by atomic mass is 16.5. The Morgan fingerprint density at radius 1 is 1.04 bits per heavy atom. The maximum Gasteiger partial charge on any atom is 0.200 e. The first-order valence-electron chi connectivity index (χ1n) is 7.04. The summed E-state index contributed by atoms with van der Waals surface area (Å²) in [6.45, 7) is 1.72. The molecule has 1 N–H and O–H groups in total. The molecule has 118 valence electrons. The molecule has 0 radical (unpaired) electrons. The number of fused-ring (bicyclic) bond motifs is 1. The zero-order valence-electron chi connectivity index (χ0n) is 13.0. The van der Waals surface area contributed by atoms with Gasteiger partial charge in [-0.15, -0.1) is 0 Å². The Hall–Kier alpha value is -2.95. The van der Waals surface area contributed by atoms with Gasteiger partial charge in [0.05, 0.1) is 25.2 Å². The Bertz CT molecular complexity index is 923. The molecular formula is C18H16O5. The Morgan fingerprint density at radius 2 is 1.74 bits per heavy atom. The van der Waals surface area contributed by atoms with E-state index in [4.69, 9.17) is 13.9 Å². The number of methoxy groups -OCH3 is 2. The molecule has 0 saturated carbocycles. The van der Waals surface area contributed by atoms with Gasteiger partial charge in [0.15, 0.2) is 11.5 Å². The molecule has 0 saturated heterocycles. The number of aromatic hydroxyl groups is 1. The fourth-order valence-corrected chi connectivity index (χ4v) is 2.58. The minimum Gasteiger partial charge on any atom is -0.504 e. The standard InChI is InChI=1S/C18H16O5/c1-10-17(11-4-6-12(21-2)7-5-11)18(20)13-8-16(22-3)14(19)9-15(13)23-10/h4-9,19H,1-3H3. The molecule has 3 rings (SSSR count). The minimum absolute atomic E-state index is 0.0697. The van der Waals surface area contributed by atoms with E-state index in [-0.39, 0.29) is 16.9 Å². The van der Waals surface area contributed by atoms with Gasteiger partial charge in [0.1, 0.15) is 17.1 Å². The zero-order valence-corrected chi connectivity index (χ0v) is 13.0. The molecule has 1 aromatic heterocycles. The summed E-state index contributed by atoms with van der Waals surface area (Å²) >= 11 is 0. The number of hydrogen-bond acceptors (Lipinski definition) is 5. The van der Waals surface area contributed by atoms with Crippen LogP contribution in [-0.4, -0.2) is 19.3 Å². The van der Waals surface area contributed by atoms with Crippen molar-refractivity contribution in [2.24, 2.45) is 0 Å². The molecule has 0 aliphatic rings. The fraction of sp³-hybridized carbons (Fsp3) is 0.167. The minimum atomic E-state index is -0.174. The second-order valence-corrected chi connectivity index (χ2v) is 5.11. The van der Waals surface area contributed by atoms with Crippen molar-refractivity contribution in [3.05, 3.63) is 52.4 Å². The Morgan fingerprint density at radius 3 is 2.35 bits per heavy atom. The molecule has 5 nitrogen and oxygen atoms in total. The third kappa shape index (κ3) is 2.50. The lowest BCUT2D eigenvalue weighted by Gasteiger charge is -2.10. The van der Waals surface area contributed by atoms with Crippen LogP contribution in [0.1, 0.15) is 5.76 Å². The topological polar surface area (TPSA) is 68.9 Å². The molecule has 0 unspecified atom stereocenters. The van der Waals surface area contributed by atoms with Crippen LogP contribution in [0, 0.1) is 6.92 Å². The third-order valence-corrected chi connectivity index (χ3v) is 3.75. The molecule has 5 heteroatoms. The molecule has 0 aliphatic carbocycles. The molecule has 0 fully saturated rings. The second-order valence-electron chi connectivity index (χ2n) is 5.11. The van der Waals surface area contributed by atoms with Crippen LogP contribution in [0.15, 0.2) is 45.6 Å². The van der Waals surface area contributed by atoms with Crippen LogP contribution < -0.4 is 14.9 Å².